The van der Waals surface area contributed by atoms with Gasteiger partial charge in [-0.2, -0.15) is 0 Å². The Morgan fingerprint density at radius 3 is 2.80 bits per heavy atom. The number of morpholine rings is 1. The Bertz CT molecular complexity index is 340. The highest BCUT2D eigenvalue weighted by Gasteiger charge is 2.45. The number of fused-ring (bicyclic) bond motifs is 1. The zero-order valence-electron chi connectivity index (χ0n) is 8.69. The molecule has 1 heterocycles. The molecule has 1 saturated heterocycles. The molecule has 2 unspecified atom stereocenters. The van der Waals surface area contributed by atoms with E-state index in [1.807, 2.05) is 6.08 Å². The van der Waals surface area contributed by atoms with Crippen molar-refractivity contribution < 1.29 is 9.53 Å². The van der Waals surface area contributed by atoms with Crippen LogP contribution in [-0.2, 0) is 9.53 Å². The average Bonchev–Trinajstić information content (AvgIpc) is 3.08. The van der Waals surface area contributed by atoms with Crippen LogP contribution in [0.1, 0.15) is 6.42 Å². The van der Waals surface area contributed by atoms with Crippen molar-refractivity contribution >= 4 is 6.29 Å². The summed E-state index contributed by atoms with van der Waals surface area (Å²) in [7, 11) is 0. The molecule has 0 amide bonds. The van der Waals surface area contributed by atoms with E-state index in [-0.39, 0.29) is 0 Å². The first-order chi connectivity index (χ1) is 7.40. The lowest BCUT2D eigenvalue weighted by Gasteiger charge is -2.32. The predicted octanol–water partition coefficient (Wildman–Crippen LogP) is 0.977. The topological polar surface area (TPSA) is 29.5 Å². The molecular weight excluding hydrogens is 190 g/mol. The van der Waals surface area contributed by atoms with Gasteiger partial charge in [0.05, 0.1) is 13.2 Å². The predicted molar refractivity (Wildman–Crippen MR) is 56.2 cm³/mol. The molecule has 2 fully saturated rings. The van der Waals surface area contributed by atoms with Crippen molar-refractivity contribution in [2.45, 2.75) is 6.42 Å². The van der Waals surface area contributed by atoms with E-state index in [4.69, 9.17) is 4.74 Å². The monoisotopic (exact) mass is 205 g/mol. The van der Waals surface area contributed by atoms with Crippen LogP contribution in [0.4, 0.5) is 0 Å². The van der Waals surface area contributed by atoms with E-state index in [1.54, 1.807) is 0 Å². The van der Waals surface area contributed by atoms with Crippen LogP contribution < -0.4 is 0 Å². The zero-order valence-corrected chi connectivity index (χ0v) is 8.69. The standard InChI is InChI=1S/C12H15NO2/c14-8-9-1-2-12(11-7-10(9)11)13-3-5-15-6-4-13/h1-2,8,10-11H,3-7H2. The first kappa shape index (κ1) is 9.16. The van der Waals surface area contributed by atoms with Crippen molar-refractivity contribution in [3.05, 3.63) is 23.4 Å². The summed E-state index contributed by atoms with van der Waals surface area (Å²) >= 11 is 0. The van der Waals surface area contributed by atoms with Gasteiger partial charge in [-0.15, -0.1) is 0 Å². The van der Waals surface area contributed by atoms with Crippen molar-refractivity contribution in [3.63, 3.8) is 0 Å². The Hall–Kier alpha value is -1.09. The van der Waals surface area contributed by atoms with Crippen LogP contribution in [0.25, 0.3) is 0 Å². The third kappa shape index (κ3) is 1.51. The summed E-state index contributed by atoms with van der Waals surface area (Å²) in [4.78, 5) is 13.2. The average molecular weight is 205 g/mol. The van der Waals surface area contributed by atoms with Crippen molar-refractivity contribution in [1.82, 2.24) is 4.90 Å². The minimum Gasteiger partial charge on any atom is -0.378 e. The molecule has 0 radical (unpaired) electrons. The summed E-state index contributed by atoms with van der Waals surface area (Å²) in [5.41, 5.74) is 2.41. The maximum absolute atomic E-state index is 10.7. The highest BCUT2D eigenvalue weighted by molar-refractivity contribution is 5.77. The molecule has 80 valence electrons. The fraction of sp³-hybridized carbons (Fsp3) is 0.583. The van der Waals surface area contributed by atoms with Gasteiger partial charge in [0, 0.05) is 24.7 Å². The molecule has 0 spiro atoms. The summed E-state index contributed by atoms with van der Waals surface area (Å²) in [5, 5.41) is 0. The second kappa shape index (κ2) is 3.49. The van der Waals surface area contributed by atoms with Crippen molar-refractivity contribution in [3.8, 4) is 0 Å². The van der Waals surface area contributed by atoms with Crippen LogP contribution in [0.2, 0.25) is 0 Å². The summed E-state index contributed by atoms with van der Waals surface area (Å²) in [5.74, 6) is 1.14. The van der Waals surface area contributed by atoms with E-state index in [0.29, 0.717) is 11.8 Å². The molecular formula is C12H15NO2. The van der Waals surface area contributed by atoms with Gasteiger partial charge in [-0.3, -0.25) is 4.79 Å². The molecule has 1 saturated carbocycles. The van der Waals surface area contributed by atoms with E-state index in [0.717, 1.165) is 44.6 Å². The highest BCUT2D eigenvalue weighted by Crippen LogP contribution is 2.51. The molecule has 0 aromatic heterocycles. The zero-order chi connectivity index (χ0) is 10.3. The Kier molecular flexibility index (Phi) is 2.13. The first-order valence-electron chi connectivity index (χ1n) is 5.60. The number of ether oxygens (including phenoxy) is 1. The Morgan fingerprint density at radius 1 is 1.27 bits per heavy atom. The SMILES string of the molecule is O=CC1=CC=C(N2CCOCC2)C2CC12. The molecule has 3 heteroatoms. The first-order valence-corrected chi connectivity index (χ1v) is 5.60. The van der Waals surface area contributed by atoms with Gasteiger partial charge in [0.25, 0.3) is 0 Å². The lowest BCUT2D eigenvalue weighted by molar-refractivity contribution is -0.105. The molecule has 0 aromatic rings. The van der Waals surface area contributed by atoms with Crippen LogP contribution in [0, 0.1) is 11.8 Å². The van der Waals surface area contributed by atoms with Gasteiger partial charge in [0.1, 0.15) is 6.29 Å². The second-order valence-corrected chi connectivity index (χ2v) is 4.42. The molecule has 0 aromatic carbocycles. The summed E-state index contributed by atoms with van der Waals surface area (Å²) in [6, 6.07) is 0. The fourth-order valence-corrected chi connectivity index (χ4v) is 2.61. The molecule has 0 N–H and O–H groups in total. The van der Waals surface area contributed by atoms with Gasteiger partial charge < -0.3 is 9.64 Å². The molecule has 2 aliphatic carbocycles. The minimum atomic E-state index is 0.519. The number of nitrogens with zero attached hydrogens (tertiary/aromatic N) is 1. The molecule has 15 heavy (non-hydrogen) atoms. The number of rotatable bonds is 2. The number of carbonyl (C=O) groups excluding carboxylic acids is 1. The lowest BCUT2D eigenvalue weighted by atomic mass is 10.0. The maximum atomic E-state index is 10.7. The second-order valence-electron chi connectivity index (χ2n) is 4.42. The molecule has 3 nitrogen and oxygen atoms in total. The Morgan fingerprint density at radius 2 is 2.07 bits per heavy atom. The van der Waals surface area contributed by atoms with E-state index < -0.39 is 0 Å². The number of hydrogen-bond donors (Lipinski definition) is 0. The van der Waals surface area contributed by atoms with Gasteiger partial charge in [-0.25, -0.2) is 0 Å². The molecule has 0 bridgehead atoms. The quantitative estimate of drug-likeness (QED) is 0.629. The summed E-state index contributed by atoms with van der Waals surface area (Å²) in [6.45, 7) is 3.66. The van der Waals surface area contributed by atoms with E-state index in [1.165, 1.54) is 5.70 Å². The van der Waals surface area contributed by atoms with Crippen molar-refractivity contribution in [1.29, 1.82) is 0 Å². The molecule has 3 rings (SSSR count). The van der Waals surface area contributed by atoms with Crippen molar-refractivity contribution in [2.75, 3.05) is 26.3 Å². The fourth-order valence-electron chi connectivity index (χ4n) is 2.61. The number of hydrogen-bond acceptors (Lipinski definition) is 3. The molecule has 3 aliphatic rings. The van der Waals surface area contributed by atoms with E-state index >= 15 is 0 Å². The van der Waals surface area contributed by atoms with Gasteiger partial charge in [0.15, 0.2) is 0 Å². The third-order valence-corrected chi connectivity index (χ3v) is 3.56. The highest BCUT2D eigenvalue weighted by atomic mass is 16.5. The minimum absolute atomic E-state index is 0.519. The van der Waals surface area contributed by atoms with Crippen LogP contribution in [0.5, 0.6) is 0 Å². The van der Waals surface area contributed by atoms with Crippen LogP contribution in [0.15, 0.2) is 23.4 Å². The van der Waals surface area contributed by atoms with Crippen LogP contribution in [-0.4, -0.2) is 37.5 Å². The van der Waals surface area contributed by atoms with Crippen LogP contribution >= 0.6 is 0 Å². The Labute approximate surface area is 89.4 Å². The lowest BCUT2D eigenvalue weighted by Crippen LogP contribution is -2.36. The number of aldehydes is 1. The molecule has 1 aliphatic heterocycles. The van der Waals surface area contributed by atoms with Crippen molar-refractivity contribution in [2.24, 2.45) is 11.8 Å². The number of carbonyl (C=O) groups is 1. The molecule has 2 atom stereocenters. The third-order valence-electron chi connectivity index (χ3n) is 3.56. The summed E-state index contributed by atoms with van der Waals surface area (Å²) < 4.78 is 5.34. The smallest absolute Gasteiger partial charge is 0.146 e. The maximum Gasteiger partial charge on any atom is 0.146 e. The largest absolute Gasteiger partial charge is 0.378 e. The normalized spacial score (nSPS) is 34.0. The van der Waals surface area contributed by atoms with E-state index in [9.17, 15) is 4.79 Å². The van der Waals surface area contributed by atoms with Gasteiger partial charge >= 0.3 is 0 Å². The Balaban J connectivity index is 1.79. The van der Waals surface area contributed by atoms with Crippen LogP contribution in [0.3, 0.4) is 0 Å². The number of allylic oxidation sites excluding steroid dienone is 4. The van der Waals surface area contributed by atoms with Gasteiger partial charge in [-0.1, -0.05) is 6.08 Å². The summed E-state index contributed by atoms with van der Waals surface area (Å²) in [6.07, 6.45) is 6.29. The van der Waals surface area contributed by atoms with Gasteiger partial charge in [0.2, 0.25) is 0 Å². The van der Waals surface area contributed by atoms with Gasteiger partial charge in [-0.05, 0) is 24.0 Å². The van der Waals surface area contributed by atoms with E-state index in [2.05, 4.69) is 11.0 Å².